The fourth-order valence-corrected chi connectivity index (χ4v) is 6.08. The first-order valence-electron chi connectivity index (χ1n) is 13.9. The number of amides is 1. The summed E-state index contributed by atoms with van der Waals surface area (Å²) < 4.78 is 13.5. The van der Waals surface area contributed by atoms with Crippen LogP contribution in [0.2, 0.25) is 0 Å². The Kier molecular flexibility index (Phi) is 7.82. The van der Waals surface area contributed by atoms with Crippen LogP contribution in [0.25, 0.3) is 17.4 Å². The van der Waals surface area contributed by atoms with E-state index in [2.05, 4.69) is 10.3 Å². The van der Waals surface area contributed by atoms with Gasteiger partial charge in [-0.1, -0.05) is 53.8 Å². The first kappa shape index (κ1) is 28.6. The van der Waals surface area contributed by atoms with Crippen molar-refractivity contribution in [3.05, 3.63) is 139 Å². The highest BCUT2D eigenvalue weighted by atomic mass is 32.1. The molecule has 44 heavy (non-hydrogen) atoms. The maximum Gasteiger partial charge on any atom is 0.335 e. The van der Waals surface area contributed by atoms with E-state index in [1.165, 1.54) is 23.5 Å². The fraction of sp³-hybridized carbons (Fsp3) is 0.118. The molecule has 1 aliphatic rings. The Balaban J connectivity index is 1.41. The molecule has 0 fully saturated rings. The minimum absolute atomic E-state index is 0.177. The molecule has 2 aromatic heterocycles. The van der Waals surface area contributed by atoms with Crippen LogP contribution in [-0.2, 0) is 4.79 Å². The number of aromatic carboxylic acids is 1. The number of aromatic nitrogens is 1. The molecule has 0 unspecified atom stereocenters. The number of para-hydroxylation sites is 1. The van der Waals surface area contributed by atoms with E-state index in [9.17, 15) is 14.4 Å². The molecule has 0 spiro atoms. The summed E-state index contributed by atoms with van der Waals surface area (Å²) in [5, 5.41) is 12.1. The van der Waals surface area contributed by atoms with Gasteiger partial charge < -0.3 is 19.6 Å². The number of allylic oxidation sites excluding steroid dienone is 1. The topological polar surface area (TPSA) is 123 Å². The summed E-state index contributed by atoms with van der Waals surface area (Å²) in [7, 11) is 0. The second-order valence-electron chi connectivity index (χ2n) is 9.99. The van der Waals surface area contributed by atoms with Gasteiger partial charge in [0.1, 0.15) is 17.3 Å². The number of rotatable bonds is 8. The first-order chi connectivity index (χ1) is 21.3. The number of carbonyl (C=O) groups is 2. The molecule has 220 valence electrons. The van der Waals surface area contributed by atoms with Crippen molar-refractivity contribution in [1.82, 2.24) is 4.57 Å². The highest BCUT2D eigenvalue weighted by Gasteiger charge is 2.32. The Labute approximate surface area is 255 Å². The second-order valence-corrected chi connectivity index (χ2v) is 11.0. The molecule has 0 aliphatic carbocycles. The summed E-state index contributed by atoms with van der Waals surface area (Å²) in [6, 6.07) is 25.6. The highest BCUT2D eigenvalue weighted by molar-refractivity contribution is 7.07. The number of furan rings is 1. The lowest BCUT2D eigenvalue weighted by molar-refractivity contribution is -0.113. The number of hydrogen-bond donors (Lipinski definition) is 2. The third-order valence-electron chi connectivity index (χ3n) is 7.12. The lowest BCUT2D eigenvalue weighted by Crippen LogP contribution is -2.40. The van der Waals surface area contributed by atoms with Gasteiger partial charge in [-0.25, -0.2) is 9.79 Å². The molecule has 0 saturated carbocycles. The number of hydrogen-bond acceptors (Lipinski definition) is 7. The van der Waals surface area contributed by atoms with Gasteiger partial charge in [0.05, 0.1) is 34.0 Å². The SMILES string of the molecule is CCOc1ccc([C@H]2C(C(=O)Nc3ccccc3)=C(C)N=c3s/c(=C\c4ccc(-c5ccc(C(=O)O)cc5)o4)c(=O)n32)cc1. The fourth-order valence-electron chi connectivity index (χ4n) is 5.05. The van der Waals surface area contributed by atoms with Crippen molar-refractivity contribution in [2.45, 2.75) is 19.9 Å². The Morgan fingerprint density at radius 1 is 1.02 bits per heavy atom. The molecule has 1 atom stereocenters. The maximum atomic E-state index is 14.0. The summed E-state index contributed by atoms with van der Waals surface area (Å²) >= 11 is 1.21. The minimum atomic E-state index is -1.01. The van der Waals surface area contributed by atoms with Crippen molar-refractivity contribution < 1.29 is 23.8 Å². The van der Waals surface area contributed by atoms with E-state index in [4.69, 9.17) is 14.3 Å². The molecular weight excluding hydrogens is 578 g/mol. The number of anilines is 1. The van der Waals surface area contributed by atoms with Crippen molar-refractivity contribution in [2.75, 3.05) is 11.9 Å². The van der Waals surface area contributed by atoms with Crippen molar-refractivity contribution >= 4 is 35.0 Å². The second kappa shape index (κ2) is 12.0. The van der Waals surface area contributed by atoms with Crippen LogP contribution < -0.4 is 24.9 Å². The zero-order chi connectivity index (χ0) is 30.8. The number of carboxylic acids is 1. The quantitative estimate of drug-likeness (QED) is 0.250. The van der Waals surface area contributed by atoms with Crippen LogP contribution in [0.5, 0.6) is 5.75 Å². The molecular formula is C34H27N3O6S. The van der Waals surface area contributed by atoms with Gasteiger partial charge in [0.2, 0.25) is 0 Å². The van der Waals surface area contributed by atoms with Gasteiger partial charge in [-0.05, 0) is 67.9 Å². The van der Waals surface area contributed by atoms with Crippen molar-refractivity contribution in [1.29, 1.82) is 0 Å². The number of benzene rings is 3. The predicted octanol–water partition coefficient (Wildman–Crippen LogP) is 5.23. The van der Waals surface area contributed by atoms with Gasteiger partial charge in [-0.3, -0.25) is 14.2 Å². The molecule has 3 aromatic carbocycles. The number of carboxylic acid groups (broad SMARTS) is 1. The lowest BCUT2D eigenvalue weighted by Gasteiger charge is -2.25. The van der Waals surface area contributed by atoms with E-state index >= 15 is 0 Å². The van der Waals surface area contributed by atoms with E-state index in [0.717, 1.165) is 5.56 Å². The molecule has 1 aliphatic heterocycles. The molecule has 6 rings (SSSR count). The first-order valence-corrected chi connectivity index (χ1v) is 14.7. The third-order valence-corrected chi connectivity index (χ3v) is 8.10. The molecule has 0 radical (unpaired) electrons. The van der Waals surface area contributed by atoms with Crippen LogP contribution in [0.1, 0.15) is 41.6 Å². The Morgan fingerprint density at radius 2 is 1.75 bits per heavy atom. The molecule has 0 bridgehead atoms. The van der Waals surface area contributed by atoms with E-state index in [1.54, 1.807) is 54.0 Å². The average molecular weight is 606 g/mol. The van der Waals surface area contributed by atoms with Crippen LogP contribution >= 0.6 is 11.3 Å². The van der Waals surface area contributed by atoms with Gasteiger partial charge >= 0.3 is 5.97 Å². The maximum absolute atomic E-state index is 14.0. The van der Waals surface area contributed by atoms with Crippen molar-refractivity contribution in [2.24, 2.45) is 4.99 Å². The zero-order valence-electron chi connectivity index (χ0n) is 23.8. The van der Waals surface area contributed by atoms with E-state index in [1.807, 2.05) is 49.4 Å². The monoisotopic (exact) mass is 605 g/mol. The summed E-state index contributed by atoms with van der Waals surface area (Å²) in [6.07, 6.45) is 1.65. The number of fused-ring (bicyclic) bond motifs is 1. The van der Waals surface area contributed by atoms with Crippen LogP contribution in [0, 0.1) is 0 Å². The zero-order valence-corrected chi connectivity index (χ0v) is 24.6. The molecule has 2 N–H and O–H groups in total. The molecule has 5 aromatic rings. The Morgan fingerprint density at radius 3 is 2.43 bits per heavy atom. The molecule has 3 heterocycles. The van der Waals surface area contributed by atoms with Crippen LogP contribution in [-0.4, -0.2) is 28.2 Å². The molecule has 1 amide bonds. The number of nitrogens with zero attached hydrogens (tertiary/aromatic N) is 2. The molecule has 9 nitrogen and oxygen atoms in total. The largest absolute Gasteiger partial charge is 0.494 e. The van der Waals surface area contributed by atoms with Gasteiger partial charge in [0.25, 0.3) is 11.5 Å². The van der Waals surface area contributed by atoms with Gasteiger partial charge in [-0.2, -0.15) is 0 Å². The number of thiazole rings is 1. The van der Waals surface area contributed by atoms with Crippen LogP contribution in [0.4, 0.5) is 5.69 Å². The number of carbonyl (C=O) groups excluding carboxylic acids is 1. The normalized spacial score (nSPS) is 14.6. The highest BCUT2D eigenvalue weighted by Crippen LogP contribution is 2.32. The molecule has 10 heteroatoms. The van der Waals surface area contributed by atoms with Gasteiger partial charge in [0, 0.05) is 17.3 Å². The van der Waals surface area contributed by atoms with E-state index in [-0.39, 0.29) is 17.0 Å². The number of nitrogens with one attached hydrogen (secondary N) is 1. The Hall–Kier alpha value is -5.48. The number of ether oxygens (including phenoxy) is 1. The smallest absolute Gasteiger partial charge is 0.335 e. The van der Waals surface area contributed by atoms with Crippen molar-refractivity contribution in [3.63, 3.8) is 0 Å². The minimum Gasteiger partial charge on any atom is -0.494 e. The van der Waals surface area contributed by atoms with E-state index in [0.29, 0.717) is 55.7 Å². The van der Waals surface area contributed by atoms with E-state index < -0.39 is 12.0 Å². The standard InChI is InChI=1S/C34H27N3O6S/c1-3-42-25-15-13-22(14-16-25)30-29(31(38)36-24-7-5-4-6-8-24)20(2)35-34-37(30)32(39)28(44-34)19-26-17-18-27(43-26)21-9-11-23(12-10-21)33(40)41/h4-19,30H,3H2,1-2H3,(H,36,38)(H,40,41)/b28-19-/t30-/m0/s1. The summed E-state index contributed by atoms with van der Waals surface area (Å²) in [6.45, 7) is 4.19. The summed E-state index contributed by atoms with van der Waals surface area (Å²) in [4.78, 5) is 44.1. The third kappa shape index (κ3) is 5.62. The summed E-state index contributed by atoms with van der Waals surface area (Å²) in [5.74, 6) is 0.305. The lowest BCUT2D eigenvalue weighted by atomic mass is 9.95. The molecule has 0 saturated heterocycles. The Bertz CT molecular complexity index is 2070. The van der Waals surface area contributed by atoms with Gasteiger partial charge in [0.15, 0.2) is 4.80 Å². The van der Waals surface area contributed by atoms with Crippen LogP contribution in [0.3, 0.4) is 0 Å². The van der Waals surface area contributed by atoms with Crippen LogP contribution in [0.15, 0.2) is 116 Å². The predicted molar refractivity (Wildman–Crippen MR) is 168 cm³/mol. The average Bonchev–Trinajstić information content (AvgIpc) is 3.61. The van der Waals surface area contributed by atoms with Gasteiger partial charge in [-0.15, -0.1) is 0 Å². The van der Waals surface area contributed by atoms with Crippen molar-refractivity contribution in [3.8, 4) is 17.1 Å². The summed E-state index contributed by atoms with van der Waals surface area (Å²) in [5.41, 5.74) is 2.81.